The second-order valence-electron chi connectivity index (χ2n) is 8.63. The first-order chi connectivity index (χ1) is 15.5. The predicted molar refractivity (Wildman–Crippen MR) is 132 cm³/mol. The number of benzene rings is 3. The third-order valence-corrected chi connectivity index (χ3v) is 6.38. The van der Waals surface area contributed by atoms with Crippen molar-refractivity contribution < 1.29 is 4.79 Å². The van der Waals surface area contributed by atoms with E-state index in [1.807, 2.05) is 49.3 Å². The van der Waals surface area contributed by atoms with Crippen molar-refractivity contribution in [3.8, 4) is 11.1 Å². The Balaban J connectivity index is 1.46. The average molecular weight is 448 g/mol. The summed E-state index contributed by atoms with van der Waals surface area (Å²) in [5.74, 6) is 0. The molecule has 166 valence electrons. The predicted octanol–water partition coefficient (Wildman–Crippen LogP) is 5.42. The summed E-state index contributed by atoms with van der Waals surface area (Å²) in [5, 5.41) is 0.769. The standard InChI is InChI=1S/C27H30ClN3O/c1-29(2)27(32)31-17-16-30(20-24(31)18-21-8-4-3-5-9-21)19-22-12-14-23(15-13-22)25-10-6-7-11-26(25)28/h3-15,24H,16-20H2,1-2H3/t24-/m0/s1. The summed E-state index contributed by atoms with van der Waals surface area (Å²) in [4.78, 5) is 19.0. The van der Waals surface area contributed by atoms with Crippen LogP contribution in [0.2, 0.25) is 5.02 Å². The van der Waals surface area contributed by atoms with E-state index in [9.17, 15) is 4.79 Å². The molecule has 0 radical (unpaired) electrons. The van der Waals surface area contributed by atoms with Crippen LogP contribution in [0.3, 0.4) is 0 Å². The number of halogens is 1. The average Bonchev–Trinajstić information content (AvgIpc) is 2.80. The minimum atomic E-state index is 0.0923. The van der Waals surface area contributed by atoms with E-state index in [2.05, 4.69) is 53.4 Å². The van der Waals surface area contributed by atoms with Crippen molar-refractivity contribution in [3.63, 3.8) is 0 Å². The molecule has 1 atom stereocenters. The highest BCUT2D eigenvalue weighted by molar-refractivity contribution is 6.33. The van der Waals surface area contributed by atoms with E-state index in [0.29, 0.717) is 0 Å². The smallest absolute Gasteiger partial charge is 0.319 e. The summed E-state index contributed by atoms with van der Waals surface area (Å²) in [5.41, 5.74) is 4.72. The summed E-state index contributed by atoms with van der Waals surface area (Å²) in [7, 11) is 3.66. The fourth-order valence-corrected chi connectivity index (χ4v) is 4.62. The van der Waals surface area contributed by atoms with Gasteiger partial charge in [-0.15, -0.1) is 0 Å². The molecule has 3 aromatic rings. The van der Waals surface area contributed by atoms with Crippen LogP contribution in [0.15, 0.2) is 78.9 Å². The van der Waals surface area contributed by atoms with E-state index in [-0.39, 0.29) is 12.1 Å². The molecule has 1 aliphatic heterocycles. The molecule has 0 spiro atoms. The highest BCUT2D eigenvalue weighted by atomic mass is 35.5. The Labute approximate surface area is 196 Å². The number of urea groups is 1. The third-order valence-electron chi connectivity index (χ3n) is 6.05. The van der Waals surface area contributed by atoms with Crippen molar-refractivity contribution in [1.82, 2.24) is 14.7 Å². The van der Waals surface area contributed by atoms with Crippen molar-refractivity contribution >= 4 is 17.6 Å². The van der Waals surface area contributed by atoms with E-state index in [4.69, 9.17) is 11.6 Å². The van der Waals surface area contributed by atoms with Crippen LogP contribution in [0.1, 0.15) is 11.1 Å². The van der Waals surface area contributed by atoms with Gasteiger partial charge < -0.3 is 9.80 Å². The lowest BCUT2D eigenvalue weighted by Crippen LogP contribution is -2.57. The molecule has 1 saturated heterocycles. The maximum atomic E-state index is 12.8. The van der Waals surface area contributed by atoms with Gasteiger partial charge in [-0.3, -0.25) is 4.90 Å². The molecule has 2 amide bonds. The van der Waals surface area contributed by atoms with Gasteiger partial charge >= 0.3 is 6.03 Å². The van der Waals surface area contributed by atoms with Crippen molar-refractivity contribution in [2.75, 3.05) is 33.7 Å². The lowest BCUT2D eigenvalue weighted by atomic mass is 10.0. The van der Waals surface area contributed by atoms with Crippen molar-refractivity contribution in [2.24, 2.45) is 0 Å². The van der Waals surface area contributed by atoms with Gasteiger partial charge in [-0.05, 0) is 29.2 Å². The number of rotatable bonds is 5. The van der Waals surface area contributed by atoms with E-state index in [1.54, 1.807) is 4.90 Å². The topological polar surface area (TPSA) is 26.8 Å². The Morgan fingerprint density at radius 1 is 0.906 bits per heavy atom. The Kier molecular flexibility index (Phi) is 7.13. The number of nitrogens with zero attached hydrogens (tertiary/aromatic N) is 3. The summed E-state index contributed by atoms with van der Waals surface area (Å²) in [6.07, 6.45) is 0.863. The summed E-state index contributed by atoms with van der Waals surface area (Å²) >= 11 is 6.35. The van der Waals surface area contributed by atoms with Crippen molar-refractivity contribution in [3.05, 3.63) is 95.0 Å². The van der Waals surface area contributed by atoms with Crippen LogP contribution in [-0.2, 0) is 13.0 Å². The van der Waals surface area contributed by atoms with Gasteiger partial charge in [-0.1, -0.05) is 84.4 Å². The van der Waals surface area contributed by atoms with Gasteiger partial charge in [-0.25, -0.2) is 4.79 Å². The number of amides is 2. The molecule has 0 aromatic heterocycles. The highest BCUT2D eigenvalue weighted by Gasteiger charge is 2.31. The van der Waals surface area contributed by atoms with Crippen LogP contribution in [0.25, 0.3) is 11.1 Å². The number of carbonyl (C=O) groups excluding carboxylic acids is 1. The lowest BCUT2D eigenvalue weighted by Gasteiger charge is -2.42. The first-order valence-corrected chi connectivity index (χ1v) is 11.5. The van der Waals surface area contributed by atoms with Crippen LogP contribution in [0, 0.1) is 0 Å². The number of piperazine rings is 1. The van der Waals surface area contributed by atoms with Crippen LogP contribution >= 0.6 is 11.6 Å². The number of hydrogen-bond donors (Lipinski definition) is 0. The maximum absolute atomic E-state index is 12.8. The summed E-state index contributed by atoms with van der Waals surface area (Å²) in [6.45, 7) is 3.35. The number of carbonyl (C=O) groups is 1. The molecule has 4 nitrogen and oxygen atoms in total. The maximum Gasteiger partial charge on any atom is 0.319 e. The molecule has 0 unspecified atom stereocenters. The Morgan fingerprint density at radius 2 is 1.59 bits per heavy atom. The van der Waals surface area contributed by atoms with E-state index < -0.39 is 0 Å². The zero-order valence-corrected chi connectivity index (χ0v) is 19.5. The molecule has 3 aromatic carbocycles. The van der Waals surface area contributed by atoms with Gasteiger partial charge in [0.1, 0.15) is 0 Å². The van der Waals surface area contributed by atoms with Crippen LogP contribution in [0.5, 0.6) is 0 Å². The van der Waals surface area contributed by atoms with Gasteiger partial charge in [0.2, 0.25) is 0 Å². The van der Waals surface area contributed by atoms with Gasteiger partial charge in [0.25, 0.3) is 0 Å². The quantitative estimate of drug-likeness (QED) is 0.522. The fraction of sp³-hybridized carbons (Fsp3) is 0.296. The zero-order valence-electron chi connectivity index (χ0n) is 18.7. The molecule has 32 heavy (non-hydrogen) atoms. The molecule has 0 aliphatic carbocycles. The molecule has 0 saturated carbocycles. The molecule has 1 heterocycles. The van der Waals surface area contributed by atoms with Crippen LogP contribution in [0.4, 0.5) is 4.79 Å². The fourth-order valence-electron chi connectivity index (χ4n) is 4.38. The molecule has 1 aliphatic rings. The third kappa shape index (κ3) is 5.32. The molecule has 0 bridgehead atoms. The molecular weight excluding hydrogens is 418 g/mol. The summed E-state index contributed by atoms with van der Waals surface area (Å²) in [6, 6.07) is 27.3. The highest BCUT2D eigenvalue weighted by Crippen LogP contribution is 2.28. The molecule has 1 fully saturated rings. The van der Waals surface area contributed by atoms with E-state index >= 15 is 0 Å². The molecule has 0 N–H and O–H groups in total. The SMILES string of the molecule is CN(C)C(=O)N1CCN(Cc2ccc(-c3ccccc3Cl)cc2)C[C@@H]1Cc1ccccc1. The first-order valence-electron chi connectivity index (χ1n) is 11.1. The van der Waals surface area contributed by atoms with Gasteiger partial charge in [-0.2, -0.15) is 0 Å². The van der Waals surface area contributed by atoms with E-state index in [1.165, 1.54) is 11.1 Å². The Bertz CT molecular complexity index is 1040. The molecule has 5 heteroatoms. The normalized spacial score (nSPS) is 16.7. The largest absolute Gasteiger partial charge is 0.331 e. The Morgan fingerprint density at radius 3 is 2.28 bits per heavy atom. The second-order valence-corrected chi connectivity index (χ2v) is 9.03. The van der Waals surface area contributed by atoms with Crippen molar-refractivity contribution in [2.45, 2.75) is 19.0 Å². The summed E-state index contributed by atoms with van der Waals surface area (Å²) < 4.78 is 0. The van der Waals surface area contributed by atoms with Gasteiger partial charge in [0.15, 0.2) is 0 Å². The number of hydrogen-bond acceptors (Lipinski definition) is 2. The van der Waals surface area contributed by atoms with E-state index in [0.717, 1.165) is 48.7 Å². The zero-order chi connectivity index (χ0) is 22.5. The minimum Gasteiger partial charge on any atom is -0.331 e. The van der Waals surface area contributed by atoms with Crippen LogP contribution < -0.4 is 0 Å². The second kappa shape index (κ2) is 10.2. The molecular formula is C27H30ClN3O. The lowest BCUT2D eigenvalue weighted by molar-refractivity contribution is 0.0779. The minimum absolute atomic E-state index is 0.0923. The monoisotopic (exact) mass is 447 g/mol. The van der Waals surface area contributed by atoms with Gasteiger partial charge in [0.05, 0.1) is 6.04 Å². The van der Waals surface area contributed by atoms with Gasteiger partial charge in [0, 0.05) is 50.9 Å². The molecule has 4 rings (SSSR count). The van der Waals surface area contributed by atoms with Crippen molar-refractivity contribution in [1.29, 1.82) is 0 Å². The first kappa shape index (κ1) is 22.4. The Hall–Kier alpha value is -2.82. The van der Waals surface area contributed by atoms with Crippen LogP contribution in [-0.4, -0.2) is 60.5 Å².